The van der Waals surface area contributed by atoms with Crippen LogP contribution < -0.4 is 5.32 Å². The highest BCUT2D eigenvalue weighted by molar-refractivity contribution is 7.98. The van der Waals surface area contributed by atoms with Gasteiger partial charge in [0.05, 0.1) is 0 Å². The van der Waals surface area contributed by atoms with Crippen molar-refractivity contribution in [2.45, 2.75) is 18.9 Å². The Morgan fingerprint density at radius 1 is 1.17 bits per heavy atom. The zero-order chi connectivity index (χ0) is 13.2. The summed E-state index contributed by atoms with van der Waals surface area (Å²) in [5.41, 5.74) is 1.39. The minimum Gasteiger partial charge on any atom is -0.309 e. The van der Waals surface area contributed by atoms with E-state index in [2.05, 4.69) is 60.9 Å². The van der Waals surface area contributed by atoms with Crippen LogP contribution in [0.15, 0.2) is 30.3 Å². The lowest BCUT2D eigenvalue weighted by Gasteiger charge is -2.23. The van der Waals surface area contributed by atoms with Crippen molar-refractivity contribution in [3.05, 3.63) is 35.9 Å². The molecular formula is C15H26N2S. The van der Waals surface area contributed by atoms with Gasteiger partial charge < -0.3 is 10.2 Å². The maximum atomic E-state index is 3.68. The fourth-order valence-electron chi connectivity index (χ4n) is 1.99. The summed E-state index contributed by atoms with van der Waals surface area (Å²) < 4.78 is 0. The first-order valence-corrected chi connectivity index (χ1v) is 8.05. The van der Waals surface area contributed by atoms with Crippen molar-refractivity contribution in [1.82, 2.24) is 10.2 Å². The van der Waals surface area contributed by atoms with Crippen LogP contribution >= 0.6 is 11.8 Å². The molecule has 3 heteroatoms. The highest BCUT2D eigenvalue weighted by Crippen LogP contribution is 2.13. The van der Waals surface area contributed by atoms with Crippen LogP contribution in [-0.2, 0) is 0 Å². The van der Waals surface area contributed by atoms with Gasteiger partial charge in [-0.3, -0.25) is 0 Å². The van der Waals surface area contributed by atoms with Crippen LogP contribution in [0, 0.1) is 0 Å². The maximum absolute atomic E-state index is 3.68. The number of nitrogens with one attached hydrogen (secondary N) is 1. The first-order chi connectivity index (χ1) is 8.74. The molecule has 0 bridgehead atoms. The molecule has 0 amide bonds. The van der Waals surface area contributed by atoms with E-state index in [0.29, 0.717) is 6.04 Å². The van der Waals surface area contributed by atoms with Gasteiger partial charge in [-0.1, -0.05) is 30.3 Å². The summed E-state index contributed by atoms with van der Waals surface area (Å²) in [6, 6.07) is 11.2. The average molecular weight is 266 g/mol. The lowest BCUT2D eigenvalue weighted by atomic mass is 10.1. The predicted octanol–water partition coefficient (Wildman–Crippen LogP) is 3.02. The Balaban J connectivity index is 2.41. The van der Waals surface area contributed by atoms with Gasteiger partial charge in [0.15, 0.2) is 0 Å². The number of unbranched alkanes of at least 4 members (excludes halogenated alkanes) is 1. The topological polar surface area (TPSA) is 15.3 Å². The third kappa shape index (κ3) is 6.43. The highest BCUT2D eigenvalue weighted by Gasteiger charge is 2.10. The first kappa shape index (κ1) is 15.5. The Hall–Kier alpha value is -0.510. The standard InChI is InChI=1S/C15H26N2S/c1-17(2)13-15(14-9-5-4-6-10-14)16-11-7-8-12-18-3/h4-6,9-10,15-16H,7-8,11-13H2,1-3H3. The molecule has 0 saturated carbocycles. The van der Waals surface area contributed by atoms with Crippen molar-refractivity contribution >= 4 is 11.8 Å². The predicted molar refractivity (Wildman–Crippen MR) is 83.4 cm³/mol. The molecule has 102 valence electrons. The molecule has 1 rings (SSSR count). The Labute approximate surface area is 116 Å². The van der Waals surface area contributed by atoms with Crippen LogP contribution in [0.2, 0.25) is 0 Å². The second-order valence-electron chi connectivity index (χ2n) is 4.88. The van der Waals surface area contributed by atoms with Crippen LogP contribution in [0.25, 0.3) is 0 Å². The molecule has 18 heavy (non-hydrogen) atoms. The average Bonchev–Trinajstić information content (AvgIpc) is 2.38. The van der Waals surface area contributed by atoms with Crippen molar-refractivity contribution < 1.29 is 0 Å². The van der Waals surface area contributed by atoms with Crippen molar-refractivity contribution in [3.63, 3.8) is 0 Å². The number of hydrogen-bond acceptors (Lipinski definition) is 3. The van der Waals surface area contributed by atoms with Gasteiger partial charge in [-0.25, -0.2) is 0 Å². The molecule has 0 aromatic heterocycles. The van der Waals surface area contributed by atoms with Gasteiger partial charge >= 0.3 is 0 Å². The normalized spacial score (nSPS) is 12.9. The van der Waals surface area contributed by atoms with E-state index in [1.165, 1.54) is 24.2 Å². The third-order valence-electron chi connectivity index (χ3n) is 2.92. The minimum absolute atomic E-state index is 0.440. The lowest BCUT2D eigenvalue weighted by Crippen LogP contribution is -2.31. The number of thioether (sulfide) groups is 1. The molecule has 0 heterocycles. The number of rotatable bonds is 9. The molecule has 0 aliphatic carbocycles. The SMILES string of the molecule is CSCCCCNC(CN(C)C)c1ccccc1. The van der Waals surface area contributed by atoms with Gasteiger partial charge in [0, 0.05) is 12.6 Å². The van der Waals surface area contributed by atoms with Crippen LogP contribution in [-0.4, -0.2) is 44.1 Å². The second-order valence-corrected chi connectivity index (χ2v) is 5.87. The molecule has 0 radical (unpaired) electrons. The van der Waals surface area contributed by atoms with Crippen LogP contribution in [0.5, 0.6) is 0 Å². The minimum atomic E-state index is 0.440. The van der Waals surface area contributed by atoms with Gasteiger partial charge in [0.2, 0.25) is 0 Å². The third-order valence-corrected chi connectivity index (χ3v) is 3.61. The van der Waals surface area contributed by atoms with Crippen molar-refractivity contribution in [2.75, 3.05) is 39.2 Å². The number of nitrogens with zero attached hydrogens (tertiary/aromatic N) is 1. The Kier molecular flexibility index (Phi) is 8.14. The highest BCUT2D eigenvalue weighted by atomic mass is 32.2. The number of benzene rings is 1. The van der Waals surface area contributed by atoms with E-state index in [4.69, 9.17) is 0 Å². The molecule has 1 aromatic rings. The van der Waals surface area contributed by atoms with Crippen molar-refractivity contribution in [1.29, 1.82) is 0 Å². The summed E-state index contributed by atoms with van der Waals surface area (Å²) in [5, 5.41) is 3.68. The molecule has 0 spiro atoms. The molecule has 0 aliphatic rings. The quantitative estimate of drug-likeness (QED) is 0.692. The zero-order valence-electron chi connectivity index (χ0n) is 11.9. The Morgan fingerprint density at radius 3 is 2.50 bits per heavy atom. The second kappa shape index (κ2) is 9.42. The molecule has 1 atom stereocenters. The summed E-state index contributed by atoms with van der Waals surface area (Å²) in [6.45, 7) is 2.15. The van der Waals surface area contributed by atoms with Crippen molar-refractivity contribution in [3.8, 4) is 0 Å². The van der Waals surface area contributed by atoms with E-state index >= 15 is 0 Å². The molecular weight excluding hydrogens is 240 g/mol. The van der Waals surface area contributed by atoms with Gasteiger partial charge in [0.1, 0.15) is 0 Å². The molecule has 1 aromatic carbocycles. The maximum Gasteiger partial charge on any atom is 0.0449 e. The van der Waals surface area contributed by atoms with Crippen molar-refractivity contribution in [2.24, 2.45) is 0 Å². The fraction of sp³-hybridized carbons (Fsp3) is 0.600. The van der Waals surface area contributed by atoms with Gasteiger partial charge in [-0.15, -0.1) is 0 Å². The lowest BCUT2D eigenvalue weighted by molar-refractivity contribution is 0.341. The van der Waals surface area contributed by atoms with E-state index in [1.807, 2.05) is 11.8 Å². The molecule has 0 fully saturated rings. The first-order valence-electron chi connectivity index (χ1n) is 6.66. The number of hydrogen-bond donors (Lipinski definition) is 1. The van der Waals surface area contributed by atoms with Crippen LogP contribution in [0.1, 0.15) is 24.4 Å². The summed E-state index contributed by atoms with van der Waals surface area (Å²) in [5.74, 6) is 1.27. The molecule has 1 N–H and O–H groups in total. The Morgan fingerprint density at radius 2 is 1.89 bits per heavy atom. The van der Waals surface area contributed by atoms with E-state index in [9.17, 15) is 0 Å². The summed E-state index contributed by atoms with van der Waals surface area (Å²) in [6.07, 6.45) is 4.74. The van der Waals surface area contributed by atoms with Crippen LogP contribution in [0.3, 0.4) is 0 Å². The number of likely N-dealkylation sites (N-methyl/N-ethyl adjacent to an activating group) is 1. The molecule has 0 saturated heterocycles. The van der Waals surface area contributed by atoms with E-state index < -0.39 is 0 Å². The van der Waals surface area contributed by atoms with E-state index in [1.54, 1.807) is 0 Å². The summed E-state index contributed by atoms with van der Waals surface area (Å²) >= 11 is 1.93. The molecule has 0 aliphatic heterocycles. The summed E-state index contributed by atoms with van der Waals surface area (Å²) in [7, 11) is 4.26. The summed E-state index contributed by atoms with van der Waals surface area (Å²) in [4.78, 5) is 2.24. The largest absolute Gasteiger partial charge is 0.309 e. The Bertz CT molecular complexity index is 301. The van der Waals surface area contributed by atoms with Gasteiger partial charge in [-0.2, -0.15) is 11.8 Å². The smallest absolute Gasteiger partial charge is 0.0449 e. The zero-order valence-corrected chi connectivity index (χ0v) is 12.7. The van der Waals surface area contributed by atoms with E-state index in [0.717, 1.165) is 13.1 Å². The van der Waals surface area contributed by atoms with Crippen LogP contribution in [0.4, 0.5) is 0 Å². The van der Waals surface area contributed by atoms with Gasteiger partial charge in [-0.05, 0) is 51.1 Å². The van der Waals surface area contributed by atoms with E-state index in [-0.39, 0.29) is 0 Å². The molecule has 2 nitrogen and oxygen atoms in total. The monoisotopic (exact) mass is 266 g/mol. The van der Waals surface area contributed by atoms with Gasteiger partial charge in [0.25, 0.3) is 0 Å². The molecule has 1 unspecified atom stereocenters. The fourth-order valence-corrected chi connectivity index (χ4v) is 2.48.